The maximum atomic E-state index is 12.7. The van der Waals surface area contributed by atoms with Gasteiger partial charge in [-0.05, 0) is 54.6 Å². The lowest BCUT2D eigenvalue weighted by molar-refractivity contribution is 0.0730. The zero-order valence-electron chi connectivity index (χ0n) is 20.2. The fourth-order valence-electron chi connectivity index (χ4n) is 3.65. The van der Waals surface area contributed by atoms with Crippen molar-refractivity contribution in [2.24, 2.45) is 0 Å². The molecule has 0 saturated carbocycles. The number of morpholine rings is 1. The molecule has 1 amide bonds. The predicted octanol–water partition coefficient (Wildman–Crippen LogP) is 2.97. The normalized spacial score (nSPS) is 14.6. The number of carbonyl (C=O) groups is 1. The van der Waals surface area contributed by atoms with Gasteiger partial charge in [-0.15, -0.1) is 0 Å². The summed E-state index contributed by atoms with van der Waals surface area (Å²) in [6, 6.07) is 18.1. The predicted molar refractivity (Wildman–Crippen MR) is 143 cm³/mol. The third-order valence-electron chi connectivity index (χ3n) is 5.60. The Labute approximate surface area is 226 Å². The van der Waals surface area contributed by atoms with Gasteiger partial charge in [0.05, 0.1) is 40.1 Å². The maximum Gasteiger partial charge on any atom is 0.261 e. The molecule has 1 fully saturated rings. The van der Waals surface area contributed by atoms with E-state index in [0.717, 1.165) is 0 Å². The van der Waals surface area contributed by atoms with Crippen LogP contribution in [0, 0.1) is 0 Å². The van der Waals surface area contributed by atoms with Crippen LogP contribution >= 0.6 is 11.6 Å². The van der Waals surface area contributed by atoms with Gasteiger partial charge in [0, 0.05) is 18.8 Å². The molecular formula is C25H26ClN3O7S2. The summed E-state index contributed by atoms with van der Waals surface area (Å²) in [7, 11) is -7.43. The Morgan fingerprint density at radius 1 is 0.921 bits per heavy atom. The van der Waals surface area contributed by atoms with Crippen LogP contribution in [0.3, 0.4) is 0 Å². The molecule has 1 aliphatic rings. The van der Waals surface area contributed by atoms with Crippen molar-refractivity contribution in [2.45, 2.75) is 9.79 Å². The molecule has 0 spiro atoms. The second-order valence-corrected chi connectivity index (χ2v) is 12.2. The fourth-order valence-corrected chi connectivity index (χ4v) is 6.33. The molecule has 0 aliphatic carbocycles. The molecule has 4 rings (SSSR count). The summed E-state index contributed by atoms with van der Waals surface area (Å²) in [4.78, 5) is 12.9. The summed E-state index contributed by atoms with van der Waals surface area (Å²) in [5.74, 6) is -0.0677. The Morgan fingerprint density at radius 3 is 2.29 bits per heavy atom. The summed E-state index contributed by atoms with van der Waals surface area (Å²) in [5.41, 5.74) is 0.282. The van der Waals surface area contributed by atoms with Crippen LogP contribution in [0.25, 0.3) is 0 Å². The molecule has 13 heteroatoms. The topological polar surface area (TPSA) is 131 Å². The maximum absolute atomic E-state index is 12.7. The number of hydrogen-bond acceptors (Lipinski definition) is 7. The lowest BCUT2D eigenvalue weighted by Gasteiger charge is -2.26. The van der Waals surface area contributed by atoms with Crippen LogP contribution in [0.4, 0.5) is 5.69 Å². The van der Waals surface area contributed by atoms with Gasteiger partial charge in [0.25, 0.3) is 15.9 Å². The highest BCUT2D eigenvalue weighted by Gasteiger charge is 2.26. The van der Waals surface area contributed by atoms with E-state index in [2.05, 4.69) is 10.0 Å². The van der Waals surface area contributed by atoms with Crippen molar-refractivity contribution in [3.63, 3.8) is 0 Å². The number of sulfonamides is 2. The van der Waals surface area contributed by atoms with Gasteiger partial charge in [-0.3, -0.25) is 9.52 Å². The smallest absolute Gasteiger partial charge is 0.261 e. The van der Waals surface area contributed by atoms with Crippen LogP contribution in [0.2, 0.25) is 5.02 Å². The Balaban J connectivity index is 1.30. The van der Waals surface area contributed by atoms with Crippen LogP contribution in [-0.2, 0) is 24.8 Å². The number of halogens is 1. The SMILES string of the molecule is O=C(NCCOc1ccc(S(=O)(=O)N2CCOCC2)cc1)c1cc(NS(=O)(=O)c2ccccc2)ccc1Cl. The zero-order valence-corrected chi connectivity index (χ0v) is 22.6. The molecule has 0 radical (unpaired) electrons. The van der Waals surface area contributed by atoms with Gasteiger partial charge in [0.1, 0.15) is 12.4 Å². The van der Waals surface area contributed by atoms with Crippen LogP contribution < -0.4 is 14.8 Å². The monoisotopic (exact) mass is 579 g/mol. The number of carbonyl (C=O) groups excluding carboxylic acids is 1. The van der Waals surface area contributed by atoms with Gasteiger partial charge in [0.15, 0.2) is 0 Å². The number of nitrogens with one attached hydrogen (secondary N) is 2. The quantitative estimate of drug-likeness (QED) is 0.353. The highest BCUT2D eigenvalue weighted by atomic mass is 35.5. The van der Waals surface area contributed by atoms with Gasteiger partial charge in [-0.2, -0.15) is 4.31 Å². The summed E-state index contributed by atoms with van der Waals surface area (Å²) in [6.45, 7) is 1.59. The zero-order chi connectivity index (χ0) is 27.2. The van der Waals surface area contributed by atoms with Crippen molar-refractivity contribution in [3.8, 4) is 5.75 Å². The summed E-state index contributed by atoms with van der Waals surface area (Å²) >= 11 is 6.17. The van der Waals surface area contributed by atoms with E-state index in [4.69, 9.17) is 21.1 Å². The van der Waals surface area contributed by atoms with Gasteiger partial charge in [-0.1, -0.05) is 29.8 Å². The van der Waals surface area contributed by atoms with Crippen LogP contribution in [-0.4, -0.2) is 66.5 Å². The number of ether oxygens (including phenoxy) is 2. The second-order valence-electron chi connectivity index (χ2n) is 8.21. The number of amides is 1. The minimum atomic E-state index is -3.83. The van der Waals surface area contributed by atoms with Crippen molar-refractivity contribution in [3.05, 3.63) is 83.4 Å². The van der Waals surface area contributed by atoms with E-state index in [1.54, 1.807) is 30.3 Å². The highest BCUT2D eigenvalue weighted by molar-refractivity contribution is 7.92. The average molecular weight is 580 g/mol. The summed E-state index contributed by atoms with van der Waals surface area (Å²) < 4.78 is 65.2. The highest BCUT2D eigenvalue weighted by Crippen LogP contribution is 2.23. The standard InChI is InChI=1S/C25H26ClN3O7S2/c26-24-11-6-19(28-37(31,32)21-4-2-1-3-5-21)18-23(24)25(30)27-12-15-36-20-7-9-22(10-8-20)38(33,34)29-13-16-35-17-14-29/h1-11,18,28H,12-17H2,(H,27,30). The molecule has 2 N–H and O–H groups in total. The molecule has 1 aliphatic heterocycles. The first-order chi connectivity index (χ1) is 18.2. The second kappa shape index (κ2) is 12.1. The van der Waals surface area contributed by atoms with Gasteiger partial charge >= 0.3 is 0 Å². The molecule has 1 heterocycles. The van der Waals surface area contributed by atoms with Crippen molar-refractivity contribution in [2.75, 3.05) is 44.2 Å². The van der Waals surface area contributed by atoms with Crippen LogP contribution in [0.5, 0.6) is 5.75 Å². The molecule has 202 valence electrons. The number of rotatable bonds is 10. The number of anilines is 1. The third kappa shape index (κ3) is 6.83. The molecule has 3 aromatic rings. The van der Waals surface area contributed by atoms with E-state index in [0.29, 0.717) is 32.1 Å². The first-order valence-corrected chi connectivity index (χ1v) is 14.9. The minimum absolute atomic E-state index is 0.0878. The number of hydrogen-bond donors (Lipinski definition) is 2. The van der Waals surface area contributed by atoms with Gasteiger partial charge in [0.2, 0.25) is 10.0 Å². The third-order valence-corrected chi connectivity index (χ3v) is 9.24. The Hall–Kier alpha value is -3.16. The molecule has 0 unspecified atom stereocenters. The first kappa shape index (κ1) is 27.9. The van der Waals surface area contributed by atoms with E-state index < -0.39 is 26.0 Å². The van der Waals surface area contributed by atoms with E-state index >= 15 is 0 Å². The average Bonchev–Trinajstić information content (AvgIpc) is 2.93. The Morgan fingerprint density at radius 2 is 1.61 bits per heavy atom. The van der Waals surface area contributed by atoms with E-state index in [1.165, 1.54) is 46.8 Å². The number of nitrogens with zero attached hydrogens (tertiary/aromatic N) is 1. The lowest BCUT2D eigenvalue weighted by Crippen LogP contribution is -2.40. The van der Waals surface area contributed by atoms with Crippen LogP contribution in [0.15, 0.2) is 82.6 Å². The molecule has 10 nitrogen and oxygen atoms in total. The van der Waals surface area contributed by atoms with Gasteiger partial charge < -0.3 is 14.8 Å². The van der Waals surface area contributed by atoms with E-state index in [1.807, 2.05) is 0 Å². The Kier molecular flexibility index (Phi) is 8.90. The summed E-state index contributed by atoms with van der Waals surface area (Å²) in [6.07, 6.45) is 0. The molecule has 0 atom stereocenters. The van der Waals surface area contributed by atoms with Crippen molar-refractivity contribution in [1.29, 1.82) is 0 Å². The lowest BCUT2D eigenvalue weighted by atomic mass is 10.2. The molecule has 0 bridgehead atoms. The molecule has 0 aromatic heterocycles. The molecular weight excluding hydrogens is 554 g/mol. The van der Waals surface area contributed by atoms with Crippen LogP contribution in [0.1, 0.15) is 10.4 Å². The van der Waals surface area contributed by atoms with E-state index in [-0.39, 0.29) is 39.2 Å². The fraction of sp³-hybridized carbons (Fsp3) is 0.240. The largest absolute Gasteiger partial charge is 0.492 e. The summed E-state index contributed by atoms with van der Waals surface area (Å²) in [5, 5.41) is 2.83. The van der Waals surface area contributed by atoms with Crippen molar-refractivity contribution in [1.82, 2.24) is 9.62 Å². The van der Waals surface area contributed by atoms with Gasteiger partial charge in [-0.25, -0.2) is 16.8 Å². The first-order valence-electron chi connectivity index (χ1n) is 11.6. The Bertz CT molecular complexity index is 1480. The minimum Gasteiger partial charge on any atom is -0.492 e. The molecule has 3 aromatic carbocycles. The van der Waals surface area contributed by atoms with Crippen molar-refractivity contribution < 1.29 is 31.1 Å². The number of benzene rings is 3. The molecule has 1 saturated heterocycles. The van der Waals surface area contributed by atoms with E-state index in [9.17, 15) is 21.6 Å². The molecule has 38 heavy (non-hydrogen) atoms. The van der Waals surface area contributed by atoms with Crippen molar-refractivity contribution >= 4 is 43.2 Å².